The molecule has 0 fully saturated rings. The molecule has 0 amide bonds. The Hall–Kier alpha value is -1.41. The maximum atomic E-state index is 12.3. The molecule has 0 aliphatic heterocycles. The molecule has 0 radical (unpaired) electrons. The van der Waals surface area contributed by atoms with Gasteiger partial charge >= 0.3 is 5.97 Å². The standard InChI is InChI=1S/C12H21N3O4S/c1-7(2)6-15-10(5)11(8(3)13-15)20(18,19)14-9(4)12(16)17/h7,9,14H,6H2,1-5H3,(H,16,17). The zero-order chi connectivity index (χ0) is 15.7. The third kappa shape index (κ3) is 3.57. The minimum atomic E-state index is -3.90. The minimum Gasteiger partial charge on any atom is -0.480 e. The summed E-state index contributed by atoms with van der Waals surface area (Å²) in [4.78, 5) is 10.8. The van der Waals surface area contributed by atoms with Gasteiger partial charge in [-0.15, -0.1) is 0 Å². The minimum absolute atomic E-state index is 0.0613. The molecule has 0 saturated carbocycles. The number of carbonyl (C=O) groups is 1. The lowest BCUT2D eigenvalue weighted by atomic mass is 10.2. The van der Waals surface area contributed by atoms with Crippen LogP contribution in [0.4, 0.5) is 0 Å². The van der Waals surface area contributed by atoms with Crippen molar-refractivity contribution < 1.29 is 18.3 Å². The fourth-order valence-corrected chi connectivity index (χ4v) is 3.54. The SMILES string of the molecule is Cc1nn(CC(C)C)c(C)c1S(=O)(=O)NC(C)C(=O)O. The van der Waals surface area contributed by atoms with Crippen molar-refractivity contribution in [1.29, 1.82) is 0 Å². The van der Waals surface area contributed by atoms with Crippen molar-refractivity contribution in [2.75, 3.05) is 0 Å². The van der Waals surface area contributed by atoms with E-state index in [0.717, 1.165) is 0 Å². The van der Waals surface area contributed by atoms with E-state index in [2.05, 4.69) is 9.82 Å². The van der Waals surface area contributed by atoms with Crippen LogP contribution in [0.3, 0.4) is 0 Å². The van der Waals surface area contributed by atoms with Crippen molar-refractivity contribution in [3.05, 3.63) is 11.4 Å². The molecule has 0 aliphatic rings. The van der Waals surface area contributed by atoms with Crippen LogP contribution in [0.5, 0.6) is 0 Å². The number of sulfonamides is 1. The Balaban J connectivity index is 3.19. The highest BCUT2D eigenvalue weighted by Crippen LogP contribution is 2.20. The molecule has 8 heteroatoms. The third-order valence-electron chi connectivity index (χ3n) is 2.82. The summed E-state index contributed by atoms with van der Waals surface area (Å²) in [6, 6.07) is -1.19. The molecule has 114 valence electrons. The molecular formula is C12H21N3O4S. The monoisotopic (exact) mass is 303 g/mol. The first-order valence-corrected chi connectivity index (χ1v) is 7.83. The van der Waals surface area contributed by atoms with E-state index in [1.54, 1.807) is 18.5 Å². The van der Waals surface area contributed by atoms with E-state index >= 15 is 0 Å². The van der Waals surface area contributed by atoms with Gasteiger partial charge in [-0.05, 0) is 26.7 Å². The maximum absolute atomic E-state index is 12.3. The van der Waals surface area contributed by atoms with Gasteiger partial charge in [0.25, 0.3) is 0 Å². The molecular weight excluding hydrogens is 282 g/mol. The highest BCUT2D eigenvalue weighted by molar-refractivity contribution is 7.89. The van der Waals surface area contributed by atoms with Crippen molar-refractivity contribution in [2.24, 2.45) is 5.92 Å². The summed E-state index contributed by atoms with van der Waals surface area (Å²) in [6.07, 6.45) is 0. The molecule has 7 nitrogen and oxygen atoms in total. The lowest BCUT2D eigenvalue weighted by Gasteiger charge is -2.11. The van der Waals surface area contributed by atoms with Gasteiger partial charge in [0.1, 0.15) is 10.9 Å². The van der Waals surface area contributed by atoms with Gasteiger partial charge in [-0.3, -0.25) is 9.48 Å². The Morgan fingerprint density at radius 1 is 1.35 bits per heavy atom. The number of aliphatic carboxylic acids is 1. The summed E-state index contributed by atoms with van der Waals surface area (Å²) in [6.45, 7) is 9.18. The van der Waals surface area contributed by atoms with Gasteiger partial charge in [0, 0.05) is 6.54 Å². The molecule has 0 spiro atoms. The fraction of sp³-hybridized carbons (Fsp3) is 0.667. The third-order valence-corrected chi connectivity index (χ3v) is 4.62. The van der Waals surface area contributed by atoms with E-state index in [1.165, 1.54) is 6.92 Å². The van der Waals surface area contributed by atoms with Crippen LogP contribution in [0.15, 0.2) is 4.90 Å². The van der Waals surface area contributed by atoms with Crippen molar-refractivity contribution in [3.8, 4) is 0 Å². The van der Waals surface area contributed by atoms with Crippen LogP contribution >= 0.6 is 0 Å². The van der Waals surface area contributed by atoms with Crippen LogP contribution in [-0.4, -0.2) is 35.3 Å². The largest absolute Gasteiger partial charge is 0.480 e. The van der Waals surface area contributed by atoms with Gasteiger partial charge < -0.3 is 5.11 Å². The van der Waals surface area contributed by atoms with Gasteiger partial charge in [0.15, 0.2) is 0 Å². The van der Waals surface area contributed by atoms with Crippen molar-refractivity contribution in [3.63, 3.8) is 0 Å². The highest BCUT2D eigenvalue weighted by Gasteiger charge is 2.28. The molecule has 1 atom stereocenters. The Morgan fingerprint density at radius 2 is 1.90 bits per heavy atom. The summed E-state index contributed by atoms with van der Waals surface area (Å²) >= 11 is 0. The Bertz CT molecular complexity index is 604. The number of nitrogens with zero attached hydrogens (tertiary/aromatic N) is 2. The average Bonchev–Trinajstić information content (AvgIpc) is 2.52. The average molecular weight is 303 g/mol. The fourth-order valence-electron chi connectivity index (χ4n) is 1.94. The number of nitrogens with one attached hydrogen (secondary N) is 1. The summed E-state index contributed by atoms with van der Waals surface area (Å²) < 4.78 is 28.3. The predicted molar refractivity (Wildman–Crippen MR) is 74.0 cm³/mol. The molecule has 1 aromatic rings. The molecule has 20 heavy (non-hydrogen) atoms. The number of rotatable bonds is 6. The second kappa shape index (κ2) is 5.92. The van der Waals surface area contributed by atoms with E-state index in [-0.39, 0.29) is 4.90 Å². The van der Waals surface area contributed by atoms with Crippen molar-refractivity contribution in [1.82, 2.24) is 14.5 Å². The predicted octanol–water partition coefficient (Wildman–Crippen LogP) is 0.907. The van der Waals surface area contributed by atoms with Crippen molar-refractivity contribution in [2.45, 2.75) is 52.1 Å². The maximum Gasteiger partial charge on any atom is 0.321 e. The molecule has 2 N–H and O–H groups in total. The number of hydrogen-bond acceptors (Lipinski definition) is 4. The molecule has 1 heterocycles. The van der Waals surface area contributed by atoms with Gasteiger partial charge in [0.2, 0.25) is 10.0 Å². The lowest BCUT2D eigenvalue weighted by Crippen LogP contribution is -2.38. The van der Waals surface area contributed by atoms with E-state index in [4.69, 9.17) is 5.11 Å². The summed E-state index contributed by atoms with van der Waals surface area (Å²) in [5.41, 5.74) is 0.884. The number of aryl methyl sites for hydroxylation is 1. The van der Waals surface area contributed by atoms with Crippen LogP contribution in [0.25, 0.3) is 0 Å². The highest BCUT2D eigenvalue weighted by atomic mass is 32.2. The summed E-state index contributed by atoms with van der Waals surface area (Å²) in [7, 11) is -3.90. The second-order valence-electron chi connectivity index (χ2n) is 5.26. The number of aromatic nitrogens is 2. The van der Waals surface area contributed by atoms with Crippen LogP contribution < -0.4 is 4.72 Å². The van der Waals surface area contributed by atoms with Crippen LogP contribution in [-0.2, 0) is 21.4 Å². The molecule has 0 aromatic carbocycles. The number of hydrogen-bond donors (Lipinski definition) is 2. The van der Waals surface area contributed by atoms with E-state index in [1.807, 2.05) is 13.8 Å². The zero-order valence-corrected chi connectivity index (χ0v) is 13.2. The Labute approximate surface area is 119 Å². The smallest absolute Gasteiger partial charge is 0.321 e. The first kappa shape index (κ1) is 16.6. The van der Waals surface area contributed by atoms with E-state index < -0.39 is 22.0 Å². The molecule has 0 aliphatic carbocycles. The first-order valence-electron chi connectivity index (χ1n) is 6.35. The number of carboxylic acids is 1. The quantitative estimate of drug-likeness (QED) is 0.813. The molecule has 0 bridgehead atoms. The molecule has 1 unspecified atom stereocenters. The lowest BCUT2D eigenvalue weighted by molar-refractivity contribution is -0.138. The van der Waals surface area contributed by atoms with Gasteiger partial charge in [-0.1, -0.05) is 13.8 Å². The Kier molecular flexibility index (Phi) is 4.93. The normalized spacial score (nSPS) is 13.7. The topological polar surface area (TPSA) is 101 Å². The molecule has 1 rings (SSSR count). The van der Waals surface area contributed by atoms with E-state index in [0.29, 0.717) is 23.9 Å². The summed E-state index contributed by atoms with van der Waals surface area (Å²) in [5.74, 6) is -0.895. The Morgan fingerprint density at radius 3 is 2.35 bits per heavy atom. The van der Waals surface area contributed by atoms with Crippen LogP contribution in [0.1, 0.15) is 32.2 Å². The van der Waals surface area contributed by atoms with Crippen LogP contribution in [0.2, 0.25) is 0 Å². The van der Waals surface area contributed by atoms with Crippen molar-refractivity contribution >= 4 is 16.0 Å². The zero-order valence-electron chi connectivity index (χ0n) is 12.3. The molecule has 0 saturated heterocycles. The molecule has 1 aromatic heterocycles. The number of carboxylic acid groups (broad SMARTS) is 1. The van der Waals surface area contributed by atoms with Crippen LogP contribution in [0, 0.1) is 19.8 Å². The summed E-state index contributed by atoms with van der Waals surface area (Å²) in [5, 5.41) is 13.0. The van der Waals surface area contributed by atoms with E-state index in [9.17, 15) is 13.2 Å². The van der Waals surface area contributed by atoms with Gasteiger partial charge in [-0.25, -0.2) is 8.42 Å². The first-order chi connectivity index (χ1) is 9.06. The van der Waals surface area contributed by atoms with Gasteiger partial charge in [0.05, 0.1) is 11.4 Å². The second-order valence-corrected chi connectivity index (χ2v) is 6.91. The van der Waals surface area contributed by atoms with Gasteiger partial charge in [-0.2, -0.15) is 9.82 Å².